The molecule has 0 saturated heterocycles. The number of hydroxylamine groups is 2. The van der Waals surface area contributed by atoms with Crippen molar-refractivity contribution in [2.75, 3.05) is 0 Å². The Kier molecular flexibility index (Phi) is 5.57. The van der Waals surface area contributed by atoms with Gasteiger partial charge in [-0.2, -0.15) is 17.5 Å². The molecule has 0 aromatic heterocycles. The molecule has 8 heteroatoms. The molecule has 2 aromatic rings. The zero-order valence-electron chi connectivity index (χ0n) is 14.4. The Hall–Kier alpha value is -2.32. The molecule has 0 aliphatic carbocycles. The molecule has 27 heavy (non-hydrogen) atoms. The molecule has 142 valence electrons. The van der Waals surface area contributed by atoms with E-state index in [2.05, 4.69) is 11.2 Å². The van der Waals surface area contributed by atoms with Crippen LogP contribution in [-0.4, -0.2) is 22.4 Å². The first kappa shape index (κ1) is 19.4. The molecule has 0 fully saturated rings. The van der Waals surface area contributed by atoms with Crippen LogP contribution in [0.4, 0.5) is 13.2 Å². The molecular formula is C19H16F3NO3S. The maximum absolute atomic E-state index is 12.5. The molecule has 0 saturated carbocycles. The van der Waals surface area contributed by atoms with E-state index in [0.29, 0.717) is 10.8 Å². The van der Waals surface area contributed by atoms with Crippen molar-refractivity contribution in [3.05, 3.63) is 53.1 Å². The van der Waals surface area contributed by atoms with Gasteiger partial charge in [0.2, 0.25) is 0 Å². The summed E-state index contributed by atoms with van der Waals surface area (Å²) in [6, 6.07) is 8.11. The van der Waals surface area contributed by atoms with Gasteiger partial charge in [-0.25, -0.2) is 0 Å². The molecule has 4 nitrogen and oxygen atoms in total. The molecule has 3 rings (SSSR count). The molecule has 1 aliphatic heterocycles. The Morgan fingerprint density at radius 1 is 1.11 bits per heavy atom. The summed E-state index contributed by atoms with van der Waals surface area (Å²) in [7, 11) is 0. The monoisotopic (exact) mass is 395 g/mol. The lowest BCUT2D eigenvalue weighted by Gasteiger charge is -2.25. The van der Waals surface area contributed by atoms with E-state index < -0.39 is 29.4 Å². The van der Waals surface area contributed by atoms with Crippen LogP contribution in [0.2, 0.25) is 0 Å². The molecule has 0 radical (unpaired) electrons. The molecule has 0 unspecified atom stereocenters. The lowest BCUT2D eigenvalue weighted by atomic mass is 9.92. The first-order valence-corrected chi connectivity index (χ1v) is 9.11. The van der Waals surface area contributed by atoms with E-state index in [0.717, 1.165) is 24.8 Å². The summed E-state index contributed by atoms with van der Waals surface area (Å²) in [6.45, 7) is 2.10. The minimum Gasteiger partial charge on any atom is -0.266 e. The second kappa shape index (κ2) is 7.74. The second-order valence-corrected chi connectivity index (χ2v) is 6.76. The highest BCUT2D eigenvalue weighted by Crippen LogP contribution is 2.37. The zero-order chi connectivity index (χ0) is 19.6. The third-order valence-electron chi connectivity index (χ3n) is 4.13. The average molecular weight is 395 g/mol. The van der Waals surface area contributed by atoms with Gasteiger partial charge in [0.25, 0.3) is 11.8 Å². The van der Waals surface area contributed by atoms with Gasteiger partial charge in [0.1, 0.15) is 12.0 Å². The number of carbonyl (C=O) groups is 2. The highest BCUT2D eigenvalue weighted by molar-refractivity contribution is 7.95. The quantitative estimate of drug-likeness (QED) is 0.356. The number of halogens is 3. The molecule has 1 aliphatic rings. The molecule has 0 atom stereocenters. The number of unbranched alkanes of at least 4 members (excludes halogenated alkanes) is 2. The SMILES string of the molecule is CCCC/C=C/c1ccc2c3c(cccc13)C(=O)N(OSC(F)(F)F)C2=O. The predicted molar refractivity (Wildman–Crippen MR) is 97.7 cm³/mol. The van der Waals surface area contributed by atoms with E-state index >= 15 is 0 Å². The highest BCUT2D eigenvalue weighted by Gasteiger charge is 2.39. The third kappa shape index (κ3) is 4.01. The topological polar surface area (TPSA) is 46.6 Å². The van der Waals surface area contributed by atoms with Crippen LogP contribution in [-0.2, 0) is 4.28 Å². The number of rotatable bonds is 6. The van der Waals surface area contributed by atoms with Gasteiger partial charge in [-0.3, -0.25) is 9.59 Å². The summed E-state index contributed by atoms with van der Waals surface area (Å²) in [6.07, 6.45) is 6.99. The van der Waals surface area contributed by atoms with Crippen molar-refractivity contribution >= 4 is 40.7 Å². The van der Waals surface area contributed by atoms with Crippen molar-refractivity contribution in [2.24, 2.45) is 0 Å². The van der Waals surface area contributed by atoms with E-state index in [1.54, 1.807) is 18.2 Å². The van der Waals surface area contributed by atoms with Gasteiger partial charge < -0.3 is 0 Å². The van der Waals surface area contributed by atoms with Crippen LogP contribution in [0.25, 0.3) is 16.8 Å². The lowest BCUT2D eigenvalue weighted by molar-refractivity contribution is -0.0570. The number of allylic oxidation sites excluding steroid dienone is 1. The Balaban J connectivity index is 2.01. The summed E-state index contributed by atoms with van der Waals surface area (Å²) in [4.78, 5) is 25.0. The minimum absolute atomic E-state index is 0.133. The third-order valence-corrected chi connectivity index (χ3v) is 4.54. The van der Waals surface area contributed by atoms with Gasteiger partial charge >= 0.3 is 5.51 Å². The van der Waals surface area contributed by atoms with E-state index in [1.165, 1.54) is 12.1 Å². The number of carbonyl (C=O) groups excluding carboxylic acids is 2. The standard InChI is InChI=1S/C19H16F3NO3S/c1-2-3-4-5-7-12-10-11-15-16-13(12)8-6-9-14(16)17(24)23(18(15)25)26-27-19(20,21)22/h5-11H,2-4H2,1H3/b7-5+. The molecule has 1 heterocycles. The number of amides is 2. The second-order valence-electron chi connectivity index (χ2n) is 5.98. The number of imide groups is 1. The molecule has 0 spiro atoms. The van der Waals surface area contributed by atoms with Gasteiger partial charge in [0.05, 0.1) is 11.1 Å². The Labute approximate surface area is 158 Å². The Morgan fingerprint density at radius 2 is 1.81 bits per heavy atom. The van der Waals surface area contributed by atoms with Gasteiger partial charge in [-0.1, -0.05) is 50.1 Å². The first-order chi connectivity index (χ1) is 12.8. The fourth-order valence-corrected chi connectivity index (χ4v) is 3.22. The van der Waals surface area contributed by atoms with E-state index in [9.17, 15) is 22.8 Å². The summed E-state index contributed by atoms with van der Waals surface area (Å²) in [5, 5.41) is 1.29. The molecule has 0 bridgehead atoms. The molecule has 2 aromatic carbocycles. The maximum atomic E-state index is 12.5. The van der Waals surface area contributed by atoms with Gasteiger partial charge in [-0.15, -0.1) is 5.06 Å². The lowest BCUT2D eigenvalue weighted by Crippen LogP contribution is -2.39. The van der Waals surface area contributed by atoms with E-state index in [-0.39, 0.29) is 16.2 Å². The summed E-state index contributed by atoms with van der Waals surface area (Å²) in [5.41, 5.74) is -3.63. The van der Waals surface area contributed by atoms with Gasteiger partial charge in [0, 0.05) is 5.39 Å². The van der Waals surface area contributed by atoms with Crippen molar-refractivity contribution < 1.29 is 27.0 Å². The normalized spacial score (nSPS) is 14.6. The van der Waals surface area contributed by atoms with Crippen molar-refractivity contribution in [1.29, 1.82) is 0 Å². The first-order valence-electron chi connectivity index (χ1n) is 8.37. The van der Waals surface area contributed by atoms with Crippen LogP contribution in [0, 0.1) is 0 Å². The predicted octanol–water partition coefficient (Wildman–Crippen LogP) is 5.74. The summed E-state index contributed by atoms with van der Waals surface area (Å²) < 4.78 is 41.6. The Morgan fingerprint density at radius 3 is 2.48 bits per heavy atom. The molecule has 0 N–H and O–H groups in total. The number of hydrogen-bond donors (Lipinski definition) is 0. The number of nitrogens with zero attached hydrogens (tertiary/aromatic N) is 1. The van der Waals surface area contributed by atoms with Gasteiger partial charge in [-0.05, 0) is 29.5 Å². The largest absolute Gasteiger partial charge is 0.470 e. The molecular weight excluding hydrogens is 379 g/mol. The zero-order valence-corrected chi connectivity index (χ0v) is 15.2. The minimum atomic E-state index is -4.74. The van der Waals surface area contributed by atoms with Crippen LogP contribution in [0.1, 0.15) is 52.5 Å². The van der Waals surface area contributed by atoms with Crippen LogP contribution < -0.4 is 0 Å². The average Bonchev–Trinajstić information content (AvgIpc) is 2.62. The summed E-state index contributed by atoms with van der Waals surface area (Å²) in [5.74, 6) is -1.83. The molecule has 2 amide bonds. The van der Waals surface area contributed by atoms with Crippen LogP contribution in [0.15, 0.2) is 36.4 Å². The maximum Gasteiger partial charge on any atom is 0.470 e. The van der Waals surface area contributed by atoms with E-state index in [4.69, 9.17) is 0 Å². The van der Waals surface area contributed by atoms with E-state index in [1.807, 2.05) is 12.2 Å². The smallest absolute Gasteiger partial charge is 0.266 e. The number of hydrogen-bond acceptors (Lipinski definition) is 4. The van der Waals surface area contributed by atoms with Crippen molar-refractivity contribution in [1.82, 2.24) is 5.06 Å². The van der Waals surface area contributed by atoms with Crippen molar-refractivity contribution in [2.45, 2.75) is 31.7 Å². The van der Waals surface area contributed by atoms with Crippen molar-refractivity contribution in [3.8, 4) is 0 Å². The summed E-state index contributed by atoms with van der Waals surface area (Å²) >= 11 is -0.896. The van der Waals surface area contributed by atoms with Crippen molar-refractivity contribution in [3.63, 3.8) is 0 Å². The highest BCUT2D eigenvalue weighted by atomic mass is 32.2. The van der Waals surface area contributed by atoms with Crippen LogP contribution >= 0.6 is 12.0 Å². The Bertz CT molecular complexity index is 902. The van der Waals surface area contributed by atoms with Gasteiger partial charge in [0.15, 0.2) is 0 Å². The fraction of sp³-hybridized carbons (Fsp3) is 0.263. The fourth-order valence-electron chi connectivity index (χ4n) is 2.92. The number of benzene rings is 2. The van der Waals surface area contributed by atoms with Crippen LogP contribution in [0.3, 0.4) is 0 Å². The van der Waals surface area contributed by atoms with Crippen LogP contribution in [0.5, 0.6) is 0 Å². The number of alkyl halides is 3.